The second kappa shape index (κ2) is 16.4. The normalized spacial score (nSPS) is 16.3. The Morgan fingerprint density at radius 3 is 2.12 bits per heavy atom. The third kappa shape index (κ3) is 10.8. The number of nitrogen functional groups attached to an aromatic ring is 1. The van der Waals surface area contributed by atoms with E-state index >= 15 is 0 Å². The number of benzene rings is 3. The fourth-order valence-electron chi connectivity index (χ4n) is 6.04. The van der Waals surface area contributed by atoms with Crippen LogP contribution in [-0.4, -0.2) is 67.5 Å². The van der Waals surface area contributed by atoms with Crippen molar-refractivity contribution >= 4 is 27.5 Å². The summed E-state index contributed by atoms with van der Waals surface area (Å²) in [6.45, 7) is 8.54. The number of carbonyl (C=O) groups is 2. The van der Waals surface area contributed by atoms with Gasteiger partial charge in [0.2, 0.25) is 21.8 Å². The molecule has 1 aliphatic rings. The molecule has 10 nitrogen and oxygen atoms in total. The minimum absolute atomic E-state index is 0.0170. The Hall–Kier alpha value is -3.98. The van der Waals surface area contributed by atoms with Gasteiger partial charge in [0.05, 0.1) is 29.1 Å². The van der Waals surface area contributed by atoms with Gasteiger partial charge in [-0.1, -0.05) is 77.1 Å². The summed E-state index contributed by atoms with van der Waals surface area (Å²) < 4.78 is 68.8. The molecule has 14 heteroatoms. The molecule has 3 aromatic carbocycles. The lowest BCUT2D eigenvalue weighted by molar-refractivity contribution is -0.137. The Labute approximate surface area is 304 Å². The van der Waals surface area contributed by atoms with E-state index in [1.54, 1.807) is 26.8 Å². The third-order valence-corrected chi connectivity index (χ3v) is 10.9. The molecule has 3 atom stereocenters. The van der Waals surface area contributed by atoms with Crippen LogP contribution in [-0.2, 0) is 37.7 Å². The van der Waals surface area contributed by atoms with Crippen molar-refractivity contribution in [1.82, 2.24) is 20.3 Å². The van der Waals surface area contributed by atoms with Gasteiger partial charge in [0.25, 0.3) is 0 Å². The van der Waals surface area contributed by atoms with Crippen molar-refractivity contribution in [2.45, 2.75) is 88.7 Å². The van der Waals surface area contributed by atoms with Crippen molar-refractivity contribution in [3.8, 4) is 0 Å². The number of amides is 2. The lowest BCUT2D eigenvalue weighted by atomic mass is 9.85. The molecule has 6 N–H and O–H groups in total. The molecule has 2 amide bonds. The third-order valence-electron chi connectivity index (χ3n) is 9.08. The van der Waals surface area contributed by atoms with Crippen LogP contribution in [0.2, 0.25) is 0 Å². The van der Waals surface area contributed by atoms with Crippen molar-refractivity contribution in [2.75, 3.05) is 25.4 Å². The number of rotatable bonds is 16. The molecule has 0 aromatic heterocycles. The van der Waals surface area contributed by atoms with Crippen LogP contribution in [0.1, 0.15) is 64.2 Å². The second-order valence-corrected chi connectivity index (χ2v) is 17.0. The second-order valence-electron chi connectivity index (χ2n) is 15.0. The molecule has 4 rings (SSSR count). The van der Waals surface area contributed by atoms with Gasteiger partial charge in [-0.3, -0.25) is 14.9 Å². The van der Waals surface area contributed by atoms with Crippen LogP contribution in [0.4, 0.5) is 18.9 Å². The Balaban J connectivity index is 1.52. The highest BCUT2D eigenvalue weighted by molar-refractivity contribution is 7.89. The summed E-state index contributed by atoms with van der Waals surface area (Å²) in [5.41, 5.74) is 5.05. The highest BCUT2D eigenvalue weighted by atomic mass is 32.2. The van der Waals surface area contributed by atoms with Crippen molar-refractivity contribution in [3.05, 3.63) is 95.6 Å². The number of halogens is 3. The summed E-state index contributed by atoms with van der Waals surface area (Å²) in [5.74, 6) is -1.21. The van der Waals surface area contributed by atoms with E-state index in [9.17, 15) is 36.3 Å². The summed E-state index contributed by atoms with van der Waals surface area (Å²) >= 11 is 0. The Kier molecular flexibility index (Phi) is 12.8. The van der Waals surface area contributed by atoms with Gasteiger partial charge >= 0.3 is 6.18 Å². The molecule has 0 spiro atoms. The summed E-state index contributed by atoms with van der Waals surface area (Å²) in [5, 5.41) is 20.4. The van der Waals surface area contributed by atoms with E-state index in [1.165, 1.54) is 34.6 Å². The largest absolute Gasteiger partial charge is 0.416 e. The molecule has 1 fully saturated rings. The smallest absolute Gasteiger partial charge is 0.399 e. The van der Waals surface area contributed by atoms with E-state index in [4.69, 9.17) is 5.73 Å². The number of nitrogens with zero attached hydrogens (tertiary/aromatic N) is 1. The molecule has 0 bridgehead atoms. The minimum atomic E-state index is -4.50. The SMILES string of the molecule is CC(C)CN(CC(O)C(Cc1ccccc1)NC(=O)C(NC(=O)CNC1(c2cccc(C(F)(F)F)c2)CC1)C(C)(C)C)S(=O)(=O)c1ccc(N)cc1. The molecule has 1 saturated carbocycles. The number of hydrogen-bond acceptors (Lipinski definition) is 7. The minimum Gasteiger partial charge on any atom is -0.399 e. The van der Waals surface area contributed by atoms with Gasteiger partial charge in [0, 0.05) is 24.3 Å². The van der Waals surface area contributed by atoms with Gasteiger partial charge in [-0.2, -0.15) is 17.5 Å². The Morgan fingerprint density at radius 2 is 1.56 bits per heavy atom. The molecule has 3 aromatic rings. The number of hydrogen-bond donors (Lipinski definition) is 5. The molecule has 0 heterocycles. The van der Waals surface area contributed by atoms with Gasteiger partial charge in [-0.05, 0) is 78.1 Å². The van der Waals surface area contributed by atoms with E-state index in [-0.39, 0.29) is 36.9 Å². The number of alkyl halides is 3. The lowest BCUT2D eigenvalue weighted by Crippen LogP contribution is -2.59. The van der Waals surface area contributed by atoms with E-state index in [0.717, 1.165) is 17.7 Å². The summed E-state index contributed by atoms with van der Waals surface area (Å²) in [6, 6.07) is 17.9. The number of anilines is 1. The van der Waals surface area contributed by atoms with E-state index < -0.39 is 62.7 Å². The molecule has 0 saturated heterocycles. The first-order chi connectivity index (χ1) is 24.2. The first-order valence-electron chi connectivity index (χ1n) is 17.3. The summed E-state index contributed by atoms with van der Waals surface area (Å²) in [4.78, 5) is 27.3. The number of nitrogens with one attached hydrogen (secondary N) is 3. The van der Waals surface area contributed by atoms with E-state index in [0.29, 0.717) is 24.1 Å². The van der Waals surface area contributed by atoms with Crippen LogP contribution in [0, 0.1) is 11.3 Å². The number of aliphatic hydroxyl groups excluding tert-OH is 1. The summed E-state index contributed by atoms with van der Waals surface area (Å²) in [6.07, 6.45) is -4.60. The molecule has 0 aliphatic heterocycles. The van der Waals surface area contributed by atoms with Crippen molar-refractivity contribution < 1.29 is 36.3 Å². The van der Waals surface area contributed by atoms with Crippen LogP contribution in [0.15, 0.2) is 83.8 Å². The molecule has 1 aliphatic carbocycles. The van der Waals surface area contributed by atoms with Crippen LogP contribution < -0.4 is 21.7 Å². The number of aliphatic hydroxyl groups is 1. The number of carbonyl (C=O) groups excluding carboxylic acids is 2. The zero-order valence-corrected chi connectivity index (χ0v) is 31.0. The average molecular weight is 746 g/mol. The molecule has 3 unspecified atom stereocenters. The lowest BCUT2D eigenvalue weighted by Gasteiger charge is -2.34. The summed E-state index contributed by atoms with van der Waals surface area (Å²) in [7, 11) is -4.06. The maximum atomic E-state index is 14.0. The van der Waals surface area contributed by atoms with Gasteiger partial charge < -0.3 is 21.5 Å². The molecular formula is C38H50F3N5O5S. The predicted molar refractivity (Wildman–Crippen MR) is 194 cm³/mol. The van der Waals surface area contributed by atoms with Crippen molar-refractivity contribution in [3.63, 3.8) is 0 Å². The molecule has 52 heavy (non-hydrogen) atoms. The standard InChI is InChI=1S/C38H50F3N5O5S/c1-25(2)23-46(52(50,51)30-16-14-29(42)15-17-30)24-32(47)31(20-26-10-7-6-8-11-26)44-35(49)34(36(3,4)5)45-33(48)22-43-37(18-19-37)27-12-9-13-28(21-27)38(39,40)41/h6-17,21,25,31-32,34,43,47H,18-20,22-24,42H2,1-5H3,(H,44,49)(H,45,48). The average Bonchev–Trinajstić information content (AvgIpc) is 3.86. The highest BCUT2D eigenvalue weighted by Crippen LogP contribution is 2.46. The van der Waals surface area contributed by atoms with Gasteiger partial charge in [-0.25, -0.2) is 8.42 Å². The predicted octanol–water partition coefficient (Wildman–Crippen LogP) is 4.83. The number of nitrogens with two attached hydrogens (primary N) is 1. The quantitative estimate of drug-likeness (QED) is 0.132. The first-order valence-corrected chi connectivity index (χ1v) is 18.8. The van der Waals surface area contributed by atoms with Crippen molar-refractivity contribution in [1.29, 1.82) is 0 Å². The van der Waals surface area contributed by atoms with E-state index in [2.05, 4.69) is 16.0 Å². The fourth-order valence-corrected chi connectivity index (χ4v) is 7.66. The molecular weight excluding hydrogens is 696 g/mol. The zero-order chi connectivity index (χ0) is 38.5. The number of sulfonamides is 1. The fraction of sp³-hybridized carbons (Fsp3) is 0.474. The van der Waals surface area contributed by atoms with Crippen LogP contribution in [0.3, 0.4) is 0 Å². The maximum absolute atomic E-state index is 14.0. The molecule has 284 valence electrons. The monoisotopic (exact) mass is 745 g/mol. The van der Waals surface area contributed by atoms with E-state index in [1.807, 2.05) is 44.2 Å². The maximum Gasteiger partial charge on any atom is 0.416 e. The van der Waals surface area contributed by atoms with Crippen LogP contribution in [0.5, 0.6) is 0 Å². The Morgan fingerprint density at radius 1 is 0.923 bits per heavy atom. The highest BCUT2D eigenvalue weighted by Gasteiger charge is 2.45. The van der Waals surface area contributed by atoms with Gasteiger partial charge in [0.15, 0.2) is 0 Å². The topological polar surface area (TPSA) is 154 Å². The van der Waals surface area contributed by atoms with Gasteiger partial charge in [-0.15, -0.1) is 0 Å². The first kappa shape index (κ1) is 40.8. The van der Waals surface area contributed by atoms with Crippen LogP contribution >= 0.6 is 0 Å². The zero-order valence-electron chi connectivity index (χ0n) is 30.2. The van der Waals surface area contributed by atoms with Crippen molar-refractivity contribution in [2.24, 2.45) is 11.3 Å². The Bertz CT molecular complexity index is 1780. The molecule has 0 radical (unpaired) electrons. The van der Waals surface area contributed by atoms with Gasteiger partial charge in [0.1, 0.15) is 6.04 Å². The van der Waals surface area contributed by atoms with Crippen LogP contribution in [0.25, 0.3) is 0 Å².